The second kappa shape index (κ2) is 11.7. The molecule has 200 valence electrons. The number of hydrogen-bond donors (Lipinski definition) is 4. The largest absolute Gasteiger partial charge is 0.507 e. The number of ether oxygens (including phenoxy) is 1. The van der Waals surface area contributed by atoms with Gasteiger partial charge in [0.25, 0.3) is 10.1 Å². The van der Waals surface area contributed by atoms with Gasteiger partial charge in [-0.2, -0.15) is 8.42 Å². The maximum atomic E-state index is 13.1. The Balaban J connectivity index is 1.61. The minimum atomic E-state index is -4.55. The Morgan fingerprint density at radius 1 is 0.718 bits per heavy atom. The van der Waals surface area contributed by atoms with E-state index in [0.717, 1.165) is 12.1 Å². The van der Waals surface area contributed by atoms with E-state index < -0.39 is 32.3 Å². The maximum absolute atomic E-state index is 13.1. The molecule has 0 atom stereocenters. The Hall–Kier alpha value is -4.24. The number of ketones is 2. The van der Waals surface area contributed by atoms with Gasteiger partial charge in [0.1, 0.15) is 23.0 Å². The molecule has 0 fully saturated rings. The Morgan fingerprint density at radius 2 is 1.26 bits per heavy atom. The summed E-state index contributed by atoms with van der Waals surface area (Å²) in [6.07, 6.45) is 0. The Bertz CT molecular complexity index is 1670. The number of carbonyl (C=O) groups excluding carboxylic acids is 2. The quantitative estimate of drug-likeness (QED) is 0.0658. The van der Waals surface area contributed by atoms with E-state index in [9.17, 15) is 32.8 Å². The van der Waals surface area contributed by atoms with Gasteiger partial charge in [-0.25, -0.2) is 5.26 Å². The fourth-order valence-corrected chi connectivity index (χ4v) is 4.45. The molecule has 0 aliphatic rings. The Morgan fingerprint density at radius 3 is 1.79 bits per heavy atom. The van der Waals surface area contributed by atoms with E-state index in [1.807, 2.05) is 0 Å². The van der Waals surface area contributed by atoms with E-state index in [0.29, 0.717) is 16.9 Å². The second-order valence-corrected chi connectivity index (χ2v) is 10.1. The van der Waals surface area contributed by atoms with Crippen molar-refractivity contribution in [1.82, 2.24) is 0 Å². The van der Waals surface area contributed by atoms with Crippen molar-refractivity contribution < 1.29 is 52.1 Å². The molecule has 4 N–H and O–H groups in total. The van der Waals surface area contributed by atoms with Crippen LogP contribution in [-0.2, 0) is 19.5 Å². The summed E-state index contributed by atoms with van der Waals surface area (Å²) in [5.74, 6) is -1.80. The van der Waals surface area contributed by atoms with Crippen LogP contribution in [0.4, 0.5) is 0 Å². The number of rotatable bonds is 10. The second-order valence-electron chi connectivity index (χ2n) is 7.87. The molecule has 13 heteroatoms. The van der Waals surface area contributed by atoms with Crippen LogP contribution in [0.2, 0.25) is 0 Å². The highest BCUT2D eigenvalue weighted by Gasteiger charge is 2.19. The van der Waals surface area contributed by atoms with Gasteiger partial charge in [-0.1, -0.05) is 29.3 Å². The third kappa shape index (κ3) is 6.61. The van der Waals surface area contributed by atoms with Crippen molar-refractivity contribution in [2.24, 2.45) is 0 Å². The standard InChI is InChI=1S/C26H18O11S2/c27-23-9-7-17(13-21(23)25(29)15-3-1-5-19(11-15)38-37-36-31)35-18-8-10-24(28)22(14-18)26(30)16-4-2-6-20(12-16)39(32,33)34/h1-14,27-28,31H,(H,32,33,34). The zero-order chi connectivity index (χ0) is 28.2. The van der Waals surface area contributed by atoms with Crippen molar-refractivity contribution in [2.75, 3.05) is 0 Å². The first kappa shape index (κ1) is 27.8. The SMILES string of the molecule is O=C(c1cccc(SOOO)c1)c1cc(Oc2ccc(O)c(C(=O)c3cccc(S(=O)(=O)O)c3)c2)ccc1O. The Kier molecular flexibility index (Phi) is 8.30. The third-order valence-corrected chi connectivity index (χ3v) is 6.74. The van der Waals surface area contributed by atoms with E-state index in [2.05, 4.69) is 9.37 Å². The molecule has 0 amide bonds. The van der Waals surface area contributed by atoms with Crippen LogP contribution in [-0.4, -0.2) is 40.0 Å². The minimum absolute atomic E-state index is 0.0886. The first-order valence-corrected chi connectivity index (χ1v) is 13.0. The van der Waals surface area contributed by atoms with Crippen LogP contribution in [0.1, 0.15) is 31.8 Å². The van der Waals surface area contributed by atoms with Crippen LogP contribution in [0.25, 0.3) is 0 Å². The van der Waals surface area contributed by atoms with Gasteiger partial charge in [0.2, 0.25) is 0 Å². The average Bonchev–Trinajstić information content (AvgIpc) is 2.93. The van der Waals surface area contributed by atoms with E-state index in [1.165, 1.54) is 60.7 Å². The number of hydrogen-bond acceptors (Lipinski definition) is 11. The van der Waals surface area contributed by atoms with E-state index in [4.69, 9.17) is 9.99 Å². The van der Waals surface area contributed by atoms with Crippen molar-refractivity contribution >= 4 is 33.7 Å². The van der Waals surface area contributed by atoms with Gasteiger partial charge in [0, 0.05) is 16.0 Å². The van der Waals surface area contributed by atoms with Gasteiger partial charge < -0.3 is 14.9 Å². The summed E-state index contributed by atoms with van der Waals surface area (Å²) < 4.78 is 42.2. The average molecular weight is 571 g/mol. The highest BCUT2D eigenvalue weighted by Crippen LogP contribution is 2.32. The molecule has 0 radical (unpaired) electrons. The molecule has 11 nitrogen and oxygen atoms in total. The summed E-state index contributed by atoms with van der Waals surface area (Å²) >= 11 is 0.660. The Labute approximate surface area is 225 Å². The lowest BCUT2D eigenvalue weighted by Gasteiger charge is -2.11. The smallest absolute Gasteiger partial charge is 0.294 e. The molecular weight excluding hydrogens is 552 g/mol. The molecule has 0 unspecified atom stereocenters. The van der Waals surface area contributed by atoms with Crippen molar-refractivity contribution in [3.8, 4) is 23.0 Å². The lowest BCUT2D eigenvalue weighted by molar-refractivity contribution is -0.432. The predicted molar refractivity (Wildman–Crippen MR) is 137 cm³/mol. The highest BCUT2D eigenvalue weighted by atomic mass is 32.2. The zero-order valence-corrected chi connectivity index (χ0v) is 21.2. The van der Waals surface area contributed by atoms with Crippen molar-refractivity contribution in [3.05, 3.63) is 107 Å². The first-order valence-electron chi connectivity index (χ1n) is 10.8. The van der Waals surface area contributed by atoms with Crippen LogP contribution in [0.5, 0.6) is 23.0 Å². The van der Waals surface area contributed by atoms with Gasteiger partial charge in [-0.05, 0) is 60.7 Å². The van der Waals surface area contributed by atoms with E-state index in [-0.39, 0.29) is 39.5 Å². The highest BCUT2D eigenvalue weighted by molar-refractivity contribution is 7.94. The van der Waals surface area contributed by atoms with Crippen LogP contribution >= 0.6 is 12.0 Å². The van der Waals surface area contributed by atoms with Crippen molar-refractivity contribution in [1.29, 1.82) is 0 Å². The topological polar surface area (TPSA) is 177 Å². The number of phenolic OH excluding ortho intramolecular Hbond substituents is 2. The number of aromatic hydroxyl groups is 2. The molecule has 4 aromatic rings. The van der Waals surface area contributed by atoms with Gasteiger partial charge in [-0.3, -0.25) is 14.1 Å². The molecule has 0 bridgehead atoms. The molecule has 0 aromatic heterocycles. The van der Waals surface area contributed by atoms with Gasteiger partial charge >= 0.3 is 0 Å². The van der Waals surface area contributed by atoms with E-state index >= 15 is 0 Å². The summed E-state index contributed by atoms with van der Waals surface area (Å²) in [7, 11) is -4.55. The molecule has 4 aromatic carbocycles. The number of phenols is 2. The predicted octanol–water partition coefficient (Wildman–Crippen LogP) is 5.03. The van der Waals surface area contributed by atoms with Gasteiger partial charge in [0.05, 0.1) is 28.1 Å². The van der Waals surface area contributed by atoms with Crippen LogP contribution in [0, 0.1) is 0 Å². The molecule has 0 spiro atoms. The summed E-state index contributed by atoms with van der Waals surface area (Å²) in [4.78, 5) is 26.0. The molecule has 0 saturated carbocycles. The first-order chi connectivity index (χ1) is 18.6. The molecule has 0 saturated heterocycles. The molecule has 0 aliphatic heterocycles. The fourth-order valence-electron chi connectivity index (χ4n) is 3.51. The van der Waals surface area contributed by atoms with Crippen LogP contribution < -0.4 is 4.74 Å². The molecule has 4 rings (SSSR count). The lowest BCUT2D eigenvalue weighted by atomic mass is 10.0. The summed E-state index contributed by atoms with van der Waals surface area (Å²) in [5, 5.41) is 32.4. The lowest BCUT2D eigenvalue weighted by Crippen LogP contribution is -2.05. The molecule has 39 heavy (non-hydrogen) atoms. The normalized spacial score (nSPS) is 11.2. The number of carbonyl (C=O) groups is 2. The van der Waals surface area contributed by atoms with Gasteiger partial charge in [-0.15, -0.1) is 4.33 Å². The third-order valence-electron chi connectivity index (χ3n) is 5.31. The minimum Gasteiger partial charge on any atom is -0.507 e. The van der Waals surface area contributed by atoms with Crippen LogP contribution in [0.3, 0.4) is 0 Å². The monoisotopic (exact) mass is 570 g/mol. The van der Waals surface area contributed by atoms with Crippen LogP contribution in [0.15, 0.2) is 94.7 Å². The number of benzene rings is 4. The molecule has 0 heterocycles. The molecular formula is C26H18O11S2. The van der Waals surface area contributed by atoms with E-state index in [1.54, 1.807) is 12.1 Å². The van der Waals surface area contributed by atoms with Gasteiger partial charge in [0.15, 0.2) is 11.6 Å². The fraction of sp³-hybridized carbons (Fsp3) is 0. The summed E-state index contributed by atoms with van der Waals surface area (Å²) in [6, 6.07) is 18.5. The van der Waals surface area contributed by atoms with Crippen molar-refractivity contribution in [3.63, 3.8) is 0 Å². The summed E-state index contributed by atoms with van der Waals surface area (Å²) in [6.45, 7) is 0. The van der Waals surface area contributed by atoms with Crippen molar-refractivity contribution in [2.45, 2.75) is 9.79 Å². The maximum Gasteiger partial charge on any atom is 0.294 e. The molecule has 0 aliphatic carbocycles. The zero-order valence-electron chi connectivity index (χ0n) is 19.5. The summed E-state index contributed by atoms with van der Waals surface area (Å²) in [5.41, 5.74) is -0.213.